The molecule has 1 aromatic rings. The minimum atomic E-state index is 0. The van der Waals surface area contributed by atoms with Crippen molar-refractivity contribution in [2.24, 2.45) is 5.92 Å². The van der Waals surface area contributed by atoms with Gasteiger partial charge in [-0.3, -0.25) is 4.79 Å². The second kappa shape index (κ2) is 7.51. The van der Waals surface area contributed by atoms with Gasteiger partial charge in [0.05, 0.1) is 5.92 Å². The molecule has 0 spiro atoms. The van der Waals surface area contributed by atoms with Crippen molar-refractivity contribution in [2.75, 3.05) is 18.4 Å². The fraction of sp³-hybridized carbons (Fsp3) is 0.533. The lowest BCUT2D eigenvalue weighted by molar-refractivity contribution is -0.120. The number of benzene rings is 1. The Kier molecular flexibility index (Phi) is 6.32. The number of hydrogen-bond donors (Lipinski definition) is 2. The van der Waals surface area contributed by atoms with Gasteiger partial charge in [-0.2, -0.15) is 0 Å². The molecule has 3 nitrogen and oxygen atoms in total. The maximum atomic E-state index is 12.1. The lowest BCUT2D eigenvalue weighted by Crippen LogP contribution is -2.37. The molecule has 0 aromatic heterocycles. The molecule has 1 amide bonds. The highest BCUT2D eigenvalue weighted by atomic mass is 35.5. The average Bonchev–Trinajstić information content (AvgIpc) is 2.40. The molecular formula is C15H23ClN2O. The quantitative estimate of drug-likeness (QED) is 0.894. The smallest absolute Gasteiger partial charge is 0.228 e. The van der Waals surface area contributed by atoms with E-state index in [4.69, 9.17) is 0 Å². The molecule has 1 aliphatic rings. The van der Waals surface area contributed by atoms with Crippen molar-refractivity contribution < 1.29 is 4.79 Å². The minimum Gasteiger partial charge on any atom is -0.326 e. The van der Waals surface area contributed by atoms with Crippen LogP contribution in [0.5, 0.6) is 0 Å². The number of carbonyl (C=O) groups excluding carboxylic acids is 1. The molecule has 1 fully saturated rings. The number of anilines is 1. The van der Waals surface area contributed by atoms with E-state index in [9.17, 15) is 4.79 Å². The third kappa shape index (κ3) is 4.51. The maximum absolute atomic E-state index is 12.1. The second-order valence-corrected chi connectivity index (χ2v) is 5.31. The highest BCUT2D eigenvalue weighted by molar-refractivity contribution is 5.92. The molecule has 0 bridgehead atoms. The standard InChI is InChI=1S/C15H22N2O.ClH/c1-11(2)12-5-3-7-14(9-12)17-15(18)13-6-4-8-16-10-13;/h3,5,7,9,11,13,16H,4,6,8,10H2,1-2H3,(H,17,18);1H/t13-;/m1./s1. The Morgan fingerprint density at radius 3 is 2.84 bits per heavy atom. The van der Waals surface area contributed by atoms with Crippen molar-refractivity contribution in [1.29, 1.82) is 0 Å². The van der Waals surface area contributed by atoms with Gasteiger partial charge in [0.2, 0.25) is 5.91 Å². The molecule has 0 saturated carbocycles. The van der Waals surface area contributed by atoms with Gasteiger partial charge < -0.3 is 10.6 Å². The van der Waals surface area contributed by atoms with Gasteiger partial charge >= 0.3 is 0 Å². The van der Waals surface area contributed by atoms with Gasteiger partial charge in [0, 0.05) is 12.2 Å². The summed E-state index contributed by atoms with van der Waals surface area (Å²) >= 11 is 0. The normalized spacial score (nSPS) is 18.8. The molecule has 1 atom stereocenters. The maximum Gasteiger partial charge on any atom is 0.228 e. The summed E-state index contributed by atoms with van der Waals surface area (Å²) in [7, 11) is 0. The third-order valence-electron chi connectivity index (χ3n) is 3.49. The zero-order valence-corrected chi connectivity index (χ0v) is 12.4. The summed E-state index contributed by atoms with van der Waals surface area (Å²) in [6, 6.07) is 8.13. The molecule has 1 aliphatic heterocycles. The highest BCUT2D eigenvalue weighted by Gasteiger charge is 2.20. The molecule has 2 N–H and O–H groups in total. The Morgan fingerprint density at radius 2 is 2.21 bits per heavy atom. The van der Waals surface area contributed by atoms with Crippen molar-refractivity contribution in [3.8, 4) is 0 Å². The van der Waals surface area contributed by atoms with E-state index < -0.39 is 0 Å². The molecule has 1 saturated heterocycles. The molecule has 4 heteroatoms. The first-order chi connectivity index (χ1) is 8.66. The van der Waals surface area contributed by atoms with Crippen molar-refractivity contribution in [3.05, 3.63) is 29.8 Å². The van der Waals surface area contributed by atoms with E-state index in [-0.39, 0.29) is 24.2 Å². The van der Waals surface area contributed by atoms with Crippen molar-refractivity contribution in [2.45, 2.75) is 32.6 Å². The van der Waals surface area contributed by atoms with Gasteiger partial charge in [0.25, 0.3) is 0 Å². The van der Waals surface area contributed by atoms with Crippen molar-refractivity contribution >= 4 is 24.0 Å². The summed E-state index contributed by atoms with van der Waals surface area (Å²) in [5.74, 6) is 0.739. The van der Waals surface area contributed by atoms with E-state index in [1.54, 1.807) is 0 Å². The fourth-order valence-corrected chi connectivity index (χ4v) is 2.30. The van der Waals surface area contributed by atoms with Gasteiger partial charge in [0.15, 0.2) is 0 Å². The first-order valence-electron chi connectivity index (χ1n) is 6.78. The molecule has 1 heterocycles. The van der Waals surface area contributed by atoms with E-state index in [0.29, 0.717) is 5.92 Å². The van der Waals surface area contributed by atoms with E-state index >= 15 is 0 Å². The second-order valence-electron chi connectivity index (χ2n) is 5.31. The SMILES string of the molecule is CC(C)c1cccc(NC(=O)[C@@H]2CCCNC2)c1.Cl. The Labute approximate surface area is 121 Å². The predicted octanol–water partition coefficient (Wildman–Crippen LogP) is 3.17. The van der Waals surface area contributed by atoms with Crippen LogP contribution in [0.15, 0.2) is 24.3 Å². The van der Waals surface area contributed by atoms with Gasteiger partial charge in [0.1, 0.15) is 0 Å². The van der Waals surface area contributed by atoms with Crippen LogP contribution in [-0.2, 0) is 4.79 Å². The zero-order valence-electron chi connectivity index (χ0n) is 11.6. The zero-order chi connectivity index (χ0) is 13.0. The average molecular weight is 283 g/mol. The van der Waals surface area contributed by atoms with Gasteiger partial charge in [-0.15, -0.1) is 12.4 Å². The van der Waals surface area contributed by atoms with Crippen molar-refractivity contribution in [1.82, 2.24) is 5.32 Å². The summed E-state index contributed by atoms with van der Waals surface area (Å²) in [4.78, 5) is 12.1. The van der Waals surface area contributed by atoms with Gasteiger partial charge in [-0.05, 0) is 43.0 Å². The minimum absolute atomic E-state index is 0. The first-order valence-corrected chi connectivity index (χ1v) is 6.78. The summed E-state index contributed by atoms with van der Waals surface area (Å²) in [5, 5.41) is 6.30. The van der Waals surface area contributed by atoms with E-state index in [1.165, 1.54) is 5.56 Å². The number of rotatable bonds is 3. The molecule has 19 heavy (non-hydrogen) atoms. The molecule has 106 valence electrons. The summed E-state index contributed by atoms with van der Waals surface area (Å²) in [5.41, 5.74) is 2.17. The van der Waals surface area contributed by atoms with Crippen LogP contribution in [0, 0.1) is 5.92 Å². The predicted molar refractivity (Wildman–Crippen MR) is 82.0 cm³/mol. The van der Waals surface area contributed by atoms with Crippen LogP contribution in [0.2, 0.25) is 0 Å². The molecule has 0 radical (unpaired) electrons. The summed E-state index contributed by atoms with van der Waals surface area (Å²) in [6.45, 7) is 6.15. The number of nitrogens with one attached hydrogen (secondary N) is 2. The Hall–Kier alpha value is -1.06. The van der Waals surface area contributed by atoms with E-state index in [2.05, 4.69) is 36.6 Å². The van der Waals surface area contributed by atoms with Gasteiger partial charge in [-0.1, -0.05) is 26.0 Å². The largest absolute Gasteiger partial charge is 0.326 e. The Bertz CT molecular complexity index is 414. The van der Waals surface area contributed by atoms with Crippen LogP contribution in [0.4, 0.5) is 5.69 Å². The monoisotopic (exact) mass is 282 g/mol. The van der Waals surface area contributed by atoms with Crippen LogP contribution >= 0.6 is 12.4 Å². The van der Waals surface area contributed by atoms with Crippen molar-refractivity contribution in [3.63, 3.8) is 0 Å². The summed E-state index contributed by atoms with van der Waals surface area (Å²) in [6.07, 6.45) is 2.08. The van der Waals surface area contributed by atoms with E-state index in [0.717, 1.165) is 31.6 Å². The van der Waals surface area contributed by atoms with Crippen LogP contribution < -0.4 is 10.6 Å². The number of piperidine rings is 1. The first kappa shape index (κ1) is 16.0. The lowest BCUT2D eigenvalue weighted by Gasteiger charge is -2.22. The number of halogens is 1. The fourth-order valence-electron chi connectivity index (χ4n) is 2.30. The molecule has 2 rings (SSSR count). The van der Waals surface area contributed by atoms with Crippen LogP contribution in [0.1, 0.15) is 38.2 Å². The summed E-state index contributed by atoms with van der Waals surface area (Å²) < 4.78 is 0. The van der Waals surface area contributed by atoms with Gasteiger partial charge in [-0.25, -0.2) is 0 Å². The van der Waals surface area contributed by atoms with E-state index in [1.807, 2.05) is 12.1 Å². The lowest BCUT2D eigenvalue weighted by atomic mass is 9.98. The number of hydrogen-bond acceptors (Lipinski definition) is 2. The molecule has 0 unspecified atom stereocenters. The Morgan fingerprint density at radius 1 is 1.42 bits per heavy atom. The Balaban J connectivity index is 0.00000180. The van der Waals surface area contributed by atoms with Crippen LogP contribution in [0.25, 0.3) is 0 Å². The van der Waals surface area contributed by atoms with Crippen LogP contribution in [-0.4, -0.2) is 19.0 Å². The number of carbonyl (C=O) groups is 1. The molecular weight excluding hydrogens is 260 g/mol. The highest BCUT2D eigenvalue weighted by Crippen LogP contribution is 2.20. The third-order valence-corrected chi connectivity index (χ3v) is 3.49. The number of amides is 1. The topological polar surface area (TPSA) is 41.1 Å². The van der Waals surface area contributed by atoms with Crippen LogP contribution in [0.3, 0.4) is 0 Å². The molecule has 1 aromatic carbocycles. The molecule has 0 aliphatic carbocycles.